The fourth-order valence-electron chi connectivity index (χ4n) is 0.750. The Hall–Kier alpha value is -1.38. The van der Waals surface area contributed by atoms with E-state index in [-0.39, 0.29) is 6.42 Å². The standard InChI is InChI=1S/C8H8NO2/c10-8(11)4-3-7-2-1-5-9-6-7/h1-2,6H,3-4H2,(H,10,11). The van der Waals surface area contributed by atoms with E-state index in [0.29, 0.717) is 6.42 Å². The zero-order valence-corrected chi connectivity index (χ0v) is 5.95. The molecule has 0 fully saturated rings. The van der Waals surface area contributed by atoms with Crippen LogP contribution in [0, 0.1) is 6.20 Å². The Balaban J connectivity index is 2.45. The molecule has 0 bridgehead atoms. The molecule has 11 heavy (non-hydrogen) atoms. The van der Waals surface area contributed by atoms with Crippen LogP contribution < -0.4 is 0 Å². The van der Waals surface area contributed by atoms with Crippen LogP contribution in [0.2, 0.25) is 0 Å². The summed E-state index contributed by atoms with van der Waals surface area (Å²) in [5.74, 6) is -0.780. The van der Waals surface area contributed by atoms with E-state index in [4.69, 9.17) is 5.11 Å². The lowest BCUT2D eigenvalue weighted by Crippen LogP contribution is -1.97. The van der Waals surface area contributed by atoms with E-state index in [1.54, 1.807) is 12.3 Å². The molecule has 0 aliphatic carbocycles. The highest BCUT2D eigenvalue weighted by Crippen LogP contribution is 1.99. The van der Waals surface area contributed by atoms with Crippen LogP contribution in [0.5, 0.6) is 0 Å². The maximum Gasteiger partial charge on any atom is 0.303 e. The highest BCUT2D eigenvalue weighted by atomic mass is 16.4. The van der Waals surface area contributed by atoms with E-state index < -0.39 is 5.97 Å². The molecule has 1 aromatic heterocycles. The molecule has 0 unspecified atom stereocenters. The van der Waals surface area contributed by atoms with Crippen LogP contribution in [0.25, 0.3) is 0 Å². The minimum Gasteiger partial charge on any atom is -0.481 e. The van der Waals surface area contributed by atoms with Crippen molar-refractivity contribution in [3.05, 3.63) is 30.1 Å². The van der Waals surface area contributed by atoms with Crippen LogP contribution in [0.4, 0.5) is 0 Å². The molecule has 0 aliphatic heterocycles. The van der Waals surface area contributed by atoms with Crippen molar-refractivity contribution in [2.24, 2.45) is 0 Å². The number of pyridine rings is 1. The average Bonchev–Trinajstić information content (AvgIpc) is 2.03. The molecular formula is C8H8NO2. The molecule has 3 nitrogen and oxygen atoms in total. The molecule has 1 aromatic rings. The predicted molar refractivity (Wildman–Crippen MR) is 39.0 cm³/mol. The van der Waals surface area contributed by atoms with Crippen LogP contribution in [0.1, 0.15) is 12.0 Å². The second kappa shape index (κ2) is 3.71. The van der Waals surface area contributed by atoms with Crippen molar-refractivity contribution in [1.82, 2.24) is 4.98 Å². The van der Waals surface area contributed by atoms with E-state index >= 15 is 0 Å². The van der Waals surface area contributed by atoms with Crippen molar-refractivity contribution in [2.45, 2.75) is 12.8 Å². The topological polar surface area (TPSA) is 50.2 Å². The third kappa shape index (κ3) is 2.80. The zero-order valence-electron chi connectivity index (χ0n) is 5.95. The molecule has 0 atom stereocenters. The quantitative estimate of drug-likeness (QED) is 0.696. The van der Waals surface area contributed by atoms with Gasteiger partial charge in [0.1, 0.15) is 0 Å². The van der Waals surface area contributed by atoms with Crippen molar-refractivity contribution < 1.29 is 9.90 Å². The molecule has 3 heteroatoms. The normalized spacial score (nSPS) is 9.45. The van der Waals surface area contributed by atoms with Gasteiger partial charge in [-0.2, -0.15) is 0 Å². The van der Waals surface area contributed by atoms with Crippen molar-refractivity contribution >= 4 is 5.97 Å². The Labute approximate surface area is 64.7 Å². The second-order valence-electron chi connectivity index (χ2n) is 2.19. The number of carbonyl (C=O) groups is 1. The highest BCUT2D eigenvalue weighted by Gasteiger charge is 1.97. The summed E-state index contributed by atoms with van der Waals surface area (Å²) in [4.78, 5) is 13.9. The van der Waals surface area contributed by atoms with E-state index in [1.165, 1.54) is 0 Å². The zero-order chi connectivity index (χ0) is 8.10. The predicted octanol–water partition coefficient (Wildman–Crippen LogP) is 0.899. The van der Waals surface area contributed by atoms with Gasteiger partial charge in [0, 0.05) is 12.6 Å². The van der Waals surface area contributed by atoms with Crippen molar-refractivity contribution in [3.63, 3.8) is 0 Å². The average molecular weight is 150 g/mol. The second-order valence-corrected chi connectivity index (χ2v) is 2.19. The van der Waals surface area contributed by atoms with Gasteiger partial charge in [-0.25, -0.2) is 0 Å². The first-order chi connectivity index (χ1) is 5.29. The third-order valence-corrected chi connectivity index (χ3v) is 1.30. The largest absolute Gasteiger partial charge is 0.481 e. The summed E-state index contributed by atoms with van der Waals surface area (Å²) < 4.78 is 0. The van der Waals surface area contributed by atoms with E-state index in [2.05, 4.69) is 11.2 Å². The number of rotatable bonds is 3. The number of hydrogen-bond donors (Lipinski definition) is 1. The van der Waals surface area contributed by atoms with Gasteiger partial charge in [-0.1, -0.05) is 6.07 Å². The molecule has 1 heterocycles. The summed E-state index contributed by atoms with van der Waals surface area (Å²) in [5, 5.41) is 8.35. The van der Waals surface area contributed by atoms with Gasteiger partial charge in [-0.05, 0) is 18.1 Å². The molecule has 0 aromatic carbocycles. The van der Waals surface area contributed by atoms with Crippen molar-refractivity contribution in [3.8, 4) is 0 Å². The van der Waals surface area contributed by atoms with Gasteiger partial charge in [0.25, 0.3) is 0 Å². The Kier molecular flexibility index (Phi) is 2.60. The summed E-state index contributed by atoms with van der Waals surface area (Å²) in [6.07, 6.45) is 4.95. The van der Waals surface area contributed by atoms with Gasteiger partial charge >= 0.3 is 5.97 Å². The minimum absolute atomic E-state index is 0.158. The number of nitrogens with zero attached hydrogens (tertiary/aromatic N) is 1. The molecule has 0 saturated heterocycles. The molecule has 0 saturated carbocycles. The number of hydrogen-bond acceptors (Lipinski definition) is 2. The summed E-state index contributed by atoms with van der Waals surface area (Å²) >= 11 is 0. The first-order valence-electron chi connectivity index (χ1n) is 3.32. The number of aromatic nitrogens is 1. The Morgan fingerprint density at radius 3 is 3.09 bits per heavy atom. The van der Waals surface area contributed by atoms with Gasteiger partial charge in [0.2, 0.25) is 0 Å². The van der Waals surface area contributed by atoms with E-state index in [9.17, 15) is 4.79 Å². The third-order valence-electron chi connectivity index (χ3n) is 1.30. The van der Waals surface area contributed by atoms with Crippen LogP contribution >= 0.6 is 0 Å². The van der Waals surface area contributed by atoms with Crippen LogP contribution in [0.15, 0.2) is 18.3 Å². The molecule has 0 spiro atoms. The summed E-state index contributed by atoms with van der Waals surface area (Å²) in [7, 11) is 0. The number of carboxylic acid groups (broad SMARTS) is 1. The Morgan fingerprint density at radius 1 is 1.73 bits per heavy atom. The van der Waals surface area contributed by atoms with Crippen LogP contribution in [0.3, 0.4) is 0 Å². The fourth-order valence-corrected chi connectivity index (χ4v) is 0.750. The van der Waals surface area contributed by atoms with Gasteiger partial charge < -0.3 is 5.11 Å². The molecule has 1 rings (SSSR count). The minimum atomic E-state index is -0.780. The lowest BCUT2D eigenvalue weighted by molar-refractivity contribution is -0.136. The maximum absolute atomic E-state index is 10.1. The van der Waals surface area contributed by atoms with Gasteiger partial charge in [0.15, 0.2) is 0 Å². The first kappa shape index (κ1) is 7.72. The fraction of sp³-hybridized carbons (Fsp3) is 0.250. The summed E-state index contributed by atoms with van der Waals surface area (Å²) in [6.45, 7) is 0. The molecule has 0 amide bonds. The monoisotopic (exact) mass is 150 g/mol. The SMILES string of the molecule is O=C(O)CCc1cc[c]nc1. The van der Waals surface area contributed by atoms with Crippen molar-refractivity contribution in [1.29, 1.82) is 0 Å². The Bertz CT molecular complexity index is 233. The number of carboxylic acids is 1. The highest BCUT2D eigenvalue weighted by molar-refractivity contribution is 5.67. The van der Waals surface area contributed by atoms with Crippen LogP contribution in [-0.4, -0.2) is 16.1 Å². The lowest BCUT2D eigenvalue weighted by Gasteiger charge is -1.94. The van der Waals surface area contributed by atoms with E-state index in [1.807, 2.05) is 6.07 Å². The molecule has 1 N–H and O–H groups in total. The Morgan fingerprint density at radius 2 is 2.55 bits per heavy atom. The van der Waals surface area contributed by atoms with Crippen LogP contribution in [-0.2, 0) is 11.2 Å². The van der Waals surface area contributed by atoms with E-state index in [0.717, 1.165) is 5.56 Å². The molecular weight excluding hydrogens is 142 g/mol. The van der Waals surface area contributed by atoms with Gasteiger partial charge in [-0.3, -0.25) is 9.78 Å². The smallest absolute Gasteiger partial charge is 0.303 e. The molecule has 0 aliphatic rings. The van der Waals surface area contributed by atoms with Gasteiger partial charge in [0.05, 0.1) is 6.20 Å². The summed E-state index contributed by atoms with van der Waals surface area (Å²) in [5.41, 5.74) is 0.936. The molecule has 57 valence electrons. The number of aliphatic carboxylic acids is 1. The van der Waals surface area contributed by atoms with Gasteiger partial charge in [-0.15, -0.1) is 0 Å². The van der Waals surface area contributed by atoms with Crippen molar-refractivity contribution in [2.75, 3.05) is 0 Å². The maximum atomic E-state index is 10.1. The first-order valence-corrected chi connectivity index (χ1v) is 3.32. The lowest BCUT2D eigenvalue weighted by atomic mass is 10.2. The molecule has 1 radical (unpaired) electrons. The summed E-state index contributed by atoms with van der Waals surface area (Å²) in [6, 6.07) is 3.49. The number of aryl methyl sites for hydroxylation is 1.